The summed E-state index contributed by atoms with van der Waals surface area (Å²) in [5, 5.41) is 2.80. The number of hydrogen-bond acceptors (Lipinski definition) is 19. The summed E-state index contributed by atoms with van der Waals surface area (Å²) < 4.78 is 71.2. The Labute approximate surface area is 309 Å². The van der Waals surface area contributed by atoms with Crippen LogP contribution >= 0.6 is 0 Å². The van der Waals surface area contributed by atoms with E-state index in [-0.39, 0.29) is 33.8 Å². The minimum atomic E-state index is -4.37. The van der Waals surface area contributed by atoms with Gasteiger partial charge in [0.05, 0.1) is 39.6 Å². The van der Waals surface area contributed by atoms with Crippen molar-refractivity contribution in [1.82, 2.24) is 34.6 Å². The summed E-state index contributed by atoms with van der Waals surface area (Å²) in [5.74, 6) is -0.353. The molecule has 24 heteroatoms. The van der Waals surface area contributed by atoms with Gasteiger partial charge in [0.1, 0.15) is 21.4 Å². The quantitative estimate of drug-likeness (QED) is 0.130. The molecule has 0 atom stereocenters. The number of methoxy groups -OCH3 is 4. The number of ether oxygens (including phenoxy) is 4. The van der Waals surface area contributed by atoms with Gasteiger partial charge in [0.25, 0.3) is 26.1 Å². The Balaban J connectivity index is 0.000000314. The van der Waals surface area contributed by atoms with Gasteiger partial charge < -0.3 is 24.3 Å². The van der Waals surface area contributed by atoms with Crippen molar-refractivity contribution in [3.63, 3.8) is 0 Å². The molecule has 2 heterocycles. The first-order valence-electron chi connectivity index (χ1n) is 14.7. The van der Waals surface area contributed by atoms with E-state index < -0.39 is 42.9 Å². The van der Waals surface area contributed by atoms with Gasteiger partial charge in [-0.15, -0.1) is 0 Å². The van der Waals surface area contributed by atoms with Crippen LogP contribution in [0.25, 0.3) is 0 Å². The van der Waals surface area contributed by atoms with E-state index in [1.54, 1.807) is 20.9 Å². The molecule has 4 rings (SSSR count). The van der Waals surface area contributed by atoms with E-state index in [0.29, 0.717) is 17.8 Å². The average molecular weight is 791 g/mol. The normalized spacial score (nSPS) is 10.4. The molecule has 54 heavy (non-hydrogen) atoms. The fourth-order valence-corrected chi connectivity index (χ4v) is 5.77. The van der Waals surface area contributed by atoms with Crippen LogP contribution in [0.3, 0.4) is 0 Å². The number of aromatic nitrogens is 6. The molecular formula is C30H34N10O12S2. The van der Waals surface area contributed by atoms with E-state index in [1.807, 2.05) is 4.72 Å². The molecule has 0 unspecified atom stereocenters. The molecular weight excluding hydrogens is 757 g/mol. The highest BCUT2D eigenvalue weighted by Crippen LogP contribution is 2.19. The molecule has 0 radical (unpaired) electrons. The third-order valence-electron chi connectivity index (χ3n) is 6.17. The maximum Gasteiger partial charge on any atom is 0.339 e. The molecule has 2 aromatic carbocycles. The van der Waals surface area contributed by atoms with Crippen molar-refractivity contribution in [2.75, 3.05) is 52.8 Å². The lowest BCUT2D eigenvalue weighted by atomic mass is 10.2. The van der Waals surface area contributed by atoms with Crippen molar-refractivity contribution >= 4 is 56.0 Å². The number of benzene rings is 2. The Kier molecular flexibility index (Phi) is 16.0. The zero-order chi connectivity index (χ0) is 40.6. The number of nitrogens with one attached hydrogen (secondary N) is 2. The summed E-state index contributed by atoms with van der Waals surface area (Å²) in [6.45, 7) is 3.34. The van der Waals surface area contributed by atoms with E-state index in [4.69, 9.17) is 9.47 Å². The van der Waals surface area contributed by atoms with Crippen molar-refractivity contribution in [2.24, 2.45) is 4.40 Å². The molecule has 0 fully saturated rings. The van der Waals surface area contributed by atoms with Crippen LogP contribution in [0.15, 0.2) is 62.7 Å². The fourth-order valence-electron chi connectivity index (χ4n) is 3.72. The molecule has 4 aromatic rings. The van der Waals surface area contributed by atoms with Gasteiger partial charge in [-0.05, 0) is 38.1 Å². The van der Waals surface area contributed by atoms with Gasteiger partial charge in [0.15, 0.2) is 0 Å². The van der Waals surface area contributed by atoms with Crippen LogP contribution in [0.1, 0.15) is 32.4 Å². The van der Waals surface area contributed by atoms with Crippen LogP contribution in [0.5, 0.6) is 12.0 Å². The van der Waals surface area contributed by atoms with E-state index >= 15 is 0 Å². The summed E-state index contributed by atoms with van der Waals surface area (Å²) >= 11 is 0. The van der Waals surface area contributed by atoms with Crippen LogP contribution in [0.2, 0.25) is 0 Å². The molecule has 0 aliphatic rings. The van der Waals surface area contributed by atoms with E-state index in [9.17, 15) is 36.0 Å². The second-order valence-electron chi connectivity index (χ2n) is 9.72. The molecule has 22 nitrogen and oxygen atoms in total. The molecule has 0 aliphatic carbocycles. The highest BCUT2D eigenvalue weighted by Gasteiger charge is 2.27. The molecule has 2 amide bonds. The Bertz CT molecular complexity index is 2230. The number of anilines is 2. The Morgan fingerprint density at radius 1 is 0.722 bits per heavy atom. The number of aryl methyl sites for hydroxylation is 2. The molecule has 0 saturated carbocycles. The largest absolute Gasteiger partial charge is 0.467 e. The molecule has 2 N–H and O–H groups in total. The molecule has 0 bridgehead atoms. The van der Waals surface area contributed by atoms with Gasteiger partial charge in [-0.3, -0.25) is 4.90 Å². The van der Waals surface area contributed by atoms with Gasteiger partial charge in [0, 0.05) is 14.1 Å². The number of carbonyl (C=O) groups excluding carboxylic acids is 4. The summed E-state index contributed by atoms with van der Waals surface area (Å²) in [5.41, 5.74) is -0.385. The highest BCUT2D eigenvalue weighted by atomic mass is 32.2. The third kappa shape index (κ3) is 12.0. The van der Waals surface area contributed by atoms with E-state index in [0.717, 1.165) is 31.3 Å². The van der Waals surface area contributed by atoms with Crippen molar-refractivity contribution in [3.8, 4) is 12.0 Å². The SMILES string of the molecule is CNc1nc(C)nc(OC)n1.COC(=O)c1ccccc1S(=O)(=O)N=C=O.COC(=O)c1ccccc1S(=O)(=O)NC(=O)N(C)c1nc(C)nc(OC)n1. The van der Waals surface area contributed by atoms with Crippen LogP contribution < -0.4 is 24.4 Å². The second-order valence-corrected chi connectivity index (χ2v) is 12.9. The van der Waals surface area contributed by atoms with Crippen molar-refractivity contribution in [1.29, 1.82) is 0 Å². The van der Waals surface area contributed by atoms with Crippen LogP contribution in [-0.4, -0.2) is 113 Å². The molecule has 0 spiro atoms. The molecule has 288 valence electrons. The molecule has 0 aliphatic heterocycles. The first-order valence-corrected chi connectivity index (χ1v) is 17.6. The van der Waals surface area contributed by atoms with Crippen LogP contribution in [-0.2, 0) is 34.3 Å². The minimum absolute atomic E-state index is 0.0314. The second kappa shape index (κ2) is 19.8. The zero-order valence-corrected chi connectivity index (χ0v) is 31.5. The molecule has 2 aromatic heterocycles. The minimum Gasteiger partial charge on any atom is -0.467 e. The number of isocyanates is 1. The van der Waals surface area contributed by atoms with Gasteiger partial charge in [-0.2, -0.15) is 38.3 Å². The van der Waals surface area contributed by atoms with Gasteiger partial charge in [-0.25, -0.2) is 32.3 Å². The first-order chi connectivity index (χ1) is 25.5. The maximum absolute atomic E-state index is 12.6. The lowest BCUT2D eigenvalue weighted by Gasteiger charge is -2.17. The fraction of sp³-hybridized carbons (Fsp3) is 0.267. The number of urea groups is 1. The first kappa shape index (κ1) is 43.5. The van der Waals surface area contributed by atoms with Crippen LogP contribution in [0.4, 0.5) is 16.7 Å². The van der Waals surface area contributed by atoms with Gasteiger partial charge >= 0.3 is 30.0 Å². The van der Waals surface area contributed by atoms with Crippen molar-refractivity contribution < 1.29 is 55.0 Å². The van der Waals surface area contributed by atoms with Crippen molar-refractivity contribution in [3.05, 3.63) is 71.3 Å². The number of sulfonamides is 2. The smallest absolute Gasteiger partial charge is 0.339 e. The monoisotopic (exact) mass is 790 g/mol. The highest BCUT2D eigenvalue weighted by molar-refractivity contribution is 7.90. The summed E-state index contributed by atoms with van der Waals surface area (Å²) in [7, 11) is -0.449. The zero-order valence-electron chi connectivity index (χ0n) is 29.9. The van der Waals surface area contributed by atoms with Gasteiger partial charge in [0.2, 0.25) is 11.9 Å². The maximum atomic E-state index is 12.6. The Morgan fingerprint density at radius 2 is 1.20 bits per heavy atom. The number of amides is 2. The summed E-state index contributed by atoms with van der Waals surface area (Å²) in [6, 6.07) is 9.89. The lowest BCUT2D eigenvalue weighted by molar-refractivity contribution is 0.0587. The number of esters is 2. The number of rotatable bonds is 10. The number of hydrogen-bond donors (Lipinski definition) is 2. The van der Waals surface area contributed by atoms with Crippen molar-refractivity contribution in [2.45, 2.75) is 23.6 Å². The summed E-state index contributed by atoms with van der Waals surface area (Å²) in [4.78, 5) is 69.0. The van der Waals surface area contributed by atoms with E-state index in [2.05, 4.69) is 49.1 Å². The van der Waals surface area contributed by atoms with Crippen LogP contribution in [0, 0.1) is 13.8 Å². The number of nitrogens with zero attached hydrogens (tertiary/aromatic N) is 8. The number of carbonyl (C=O) groups is 3. The standard InChI is InChI=1S/C15H17N5O6S.C9H7NO5S.C6H10N4O/c1-9-16-13(18-14(17-9)26-4)20(2)15(22)19-27(23,24)11-8-6-5-7-10(11)12(21)25-3;1-15-9(12)7-4-2-3-5-8(7)16(13,14)10-6-11;1-4-8-5(7-2)10-6(9-4)11-3/h5-8H,1-4H3,(H,19,22);2-5H,1H3;1-3H3,(H,7,8,9,10). The Hall–Kier alpha value is -6.65. The Morgan fingerprint density at radius 3 is 1.70 bits per heavy atom. The summed E-state index contributed by atoms with van der Waals surface area (Å²) in [6.07, 6.45) is 0.926. The third-order valence-corrected chi connectivity index (χ3v) is 8.77. The molecule has 0 saturated heterocycles. The van der Waals surface area contributed by atoms with E-state index in [1.165, 1.54) is 63.7 Å². The predicted octanol–water partition coefficient (Wildman–Crippen LogP) is 1.24. The van der Waals surface area contributed by atoms with Gasteiger partial charge in [-0.1, -0.05) is 28.7 Å². The predicted molar refractivity (Wildman–Crippen MR) is 187 cm³/mol. The lowest BCUT2D eigenvalue weighted by Crippen LogP contribution is -2.42. The average Bonchev–Trinajstić information content (AvgIpc) is 3.16. The topological polar surface area (TPSA) is 290 Å².